The van der Waals surface area contributed by atoms with Gasteiger partial charge in [0, 0.05) is 32.8 Å². The van der Waals surface area contributed by atoms with E-state index in [0.717, 1.165) is 6.29 Å². The average molecular weight is 786 g/mol. The van der Waals surface area contributed by atoms with Gasteiger partial charge in [-0.05, 0) is 66.0 Å². The second kappa shape index (κ2) is 21.4. The van der Waals surface area contributed by atoms with E-state index >= 15 is 0 Å². The Morgan fingerprint density at radius 1 is 1.04 bits per heavy atom. The number of esters is 2. The van der Waals surface area contributed by atoms with Crippen molar-refractivity contribution in [3.63, 3.8) is 0 Å². The van der Waals surface area contributed by atoms with Gasteiger partial charge in [-0.3, -0.25) is 9.59 Å². The fourth-order valence-corrected chi connectivity index (χ4v) is 7.78. The van der Waals surface area contributed by atoms with Gasteiger partial charge in [-0.25, -0.2) is 0 Å². The van der Waals surface area contributed by atoms with Crippen molar-refractivity contribution in [2.75, 3.05) is 21.2 Å². The van der Waals surface area contributed by atoms with Crippen LogP contribution in [0.15, 0.2) is 24.3 Å². The summed E-state index contributed by atoms with van der Waals surface area (Å²) >= 11 is 0. The van der Waals surface area contributed by atoms with Crippen LogP contribution in [0.25, 0.3) is 0 Å². The van der Waals surface area contributed by atoms with Crippen molar-refractivity contribution in [1.82, 2.24) is 4.90 Å². The molecule has 0 amide bonds. The van der Waals surface area contributed by atoms with Crippen molar-refractivity contribution in [3.8, 4) is 0 Å². The molecule has 0 radical (unpaired) electrons. The molecule has 55 heavy (non-hydrogen) atoms. The maximum Gasteiger partial charge on any atom is 0.308 e. The van der Waals surface area contributed by atoms with Gasteiger partial charge >= 0.3 is 11.9 Å². The molecule has 0 unspecified atom stereocenters. The summed E-state index contributed by atoms with van der Waals surface area (Å²) in [6.45, 7) is 12.4. The minimum Gasteiger partial charge on any atom is -0.462 e. The summed E-state index contributed by atoms with van der Waals surface area (Å²) in [6.07, 6.45) is -3.92. The summed E-state index contributed by atoms with van der Waals surface area (Å²) < 4.78 is 42.4. The molecule has 3 rings (SSSR count). The van der Waals surface area contributed by atoms with Gasteiger partial charge in [0.05, 0.1) is 43.0 Å². The van der Waals surface area contributed by atoms with Gasteiger partial charge in [0.15, 0.2) is 18.7 Å². The molecule has 2 fully saturated rings. The molecule has 0 bridgehead atoms. The van der Waals surface area contributed by atoms with Crippen LogP contribution in [0.1, 0.15) is 87.0 Å². The van der Waals surface area contributed by atoms with E-state index in [1.807, 2.05) is 26.8 Å². The van der Waals surface area contributed by atoms with Crippen molar-refractivity contribution in [3.05, 3.63) is 24.3 Å². The van der Waals surface area contributed by atoms with Crippen LogP contribution >= 0.6 is 0 Å². The van der Waals surface area contributed by atoms with E-state index in [0.29, 0.717) is 6.42 Å². The number of hydrogen-bond acceptors (Lipinski definition) is 15. The largest absolute Gasteiger partial charge is 0.462 e. The van der Waals surface area contributed by atoms with Gasteiger partial charge in [0.1, 0.15) is 36.3 Å². The SMILES string of the molecule is CO[C@@H]1[C@@H](O[C@@H]2O[C@H](C)[C@@H](O[C@H]3C[C@@](C)(O)[C@@H](OC(=O)CC(C)C)[C@H](C)O3)[C@H](N(C)C)[C@H]2O)[C@@H](CC=O)C[C@@H](C)[C@H](O)/C=C/C=C/C[C@@H](C)OC(=O)C[C@H]1O. The molecule has 4 N–H and O–H groups in total. The van der Waals surface area contributed by atoms with Crippen LogP contribution < -0.4 is 0 Å². The van der Waals surface area contributed by atoms with E-state index in [2.05, 4.69) is 0 Å². The Balaban J connectivity index is 1.90. The van der Waals surface area contributed by atoms with Crippen molar-refractivity contribution in [2.24, 2.45) is 17.8 Å². The summed E-state index contributed by atoms with van der Waals surface area (Å²) in [4.78, 5) is 39.3. The van der Waals surface area contributed by atoms with Crippen LogP contribution in [0, 0.1) is 17.8 Å². The maximum absolute atomic E-state index is 12.9. The normalized spacial score (nSPS) is 42.4. The van der Waals surface area contributed by atoms with Gasteiger partial charge in [-0.1, -0.05) is 45.1 Å². The Morgan fingerprint density at radius 3 is 2.33 bits per heavy atom. The standard InChI is InChI=1S/C40H67NO14/c1-22(2)18-30(45)53-38-26(6)51-32(21-40(38,7)48)54-35-25(5)52-39(34(47)33(35)41(8)9)55-36-27(16-17-42)19-23(3)28(43)15-13-11-12-14-24(4)50-31(46)20-29(44)37(36)49-10/h11-13,15,17,22-29,32-39,43-44,47-48H,14,16,18-21H2,1-10H3/b12-11+,15-13+/t23-,24-,25-,26+,27+,28-,29-,32+,33-,34-,35-,36+,37+,38+,39+,40-/m1/s1. The summed E-state index contributed by atoms with van der Waals surface area (Å²) in [7, 11) is 4.86. The summed E-state index contributed by atoms with van der Waals surface area (Å²) in [5.74, 6) is -2.03. The van der Waals surface area contributed by atoms with E-state index in [1.54, 1.807) is 64.9 Å². The number of aliphatic hydroxyl groups excluding tert-OH is 3. The molecule has 0 spiro atoms. The van der Waals surface area contributed by atoms with Crippen LogP contribution in [0.4, 0.5) is 0 Å². The highest BCUT2D eigenvalue weighted by molar-refractivity contribution is 5.70. The molecule has 15 nitrogen and oxygen atoms in total. The summed E-state index contributed by atoms with van der Waals surface area (Å²) in [5, 5.41) is 45.8. The summed E-state index contributed by atoms with van der Waals surface area (Å²) in [5.41, 5.74) is -1.49. The molecule has 0 aromatic carbocycles. The monoisotopic (exact) mass is 785 g/mol. The lowest BCUT2D eigenvalue weighted by Gasteiger charge is -2.50. The number of carbonyl (C=O) groups is 3. The minimum atomic E-state index is -1.49. The Morgan fingerprint density at radius 2 is 1.73 bits per heavy atom. The molecule has 0 aliphatic carbocycles. The van der Waals surface area contributed by atoms with Crippen LogP contribution in [0.5, 0.6) is 0 Å². The molecule has 3 aliphatic heterocycles. The number of aliphatic hydroxyl groups is 4. The van der Waals surface area contributed by atoms with Crippen LogP contribution in [-0.2, 0) is 47.5 Å². The number of ether oxygens (including phenoxy) is 7. The highest BCUT2D eigenvalue weighted by Crippen LogP contribution is 2.37. The number of carbonyl (C=O) groups excluding carboxylic acids is 3. The van der Waals surface area contributed by atoms with E-state index in [1.165, 1.54) is 7.11 Å². The molecule has 316 valence electrons. The molecule has 3 heterocycles. The lowest BCUT2D eigenvalue weighted by atomic mass is 9.82. The number of aldehydes is 1. The minimum absolute atomic E-state index is 0.0318. The Bertz CT molecular complexity index is 1270. The fraction of sp³-hybridized carbons (Fsp3) is 0.825. The van der Waals surface area contributed by atoms with Crippen molar-refractivity contribution >= 4 is 18.2 Å². The van der Waals surface area contributed by atoms with Crippen LogP contribution in [0.2, 0.25) is 0 Å². The van der Waals surface area contributed by atoms with Crippen molar-refractivity contribution in [1.29, 1.82) is 0 Å². The first kappa shape index (κ1) is 47.1. The number of allylic oxidation sites excluding steroid dienone is 2. The zero-order valence-electron chi connectivity index (χ0n) is 34.2. The first-order valence-corrected chi connectivity index (χ1v) is 19.5. The lowest BCUT2D eigenvalue weighted by Crippen LogP contribution is -2.66. The number of rotatable bonds is 11. The first-order chi connectivity index (χ1) is 25.8. The molecule has 0 aromatic rings. The predicted molar refractivity (Wildman–Crippen MR) is 200 cm³/mol. The number of cyclic esters (lactones) is 1. The topological polar surface area (TPSA) is 200 Å². The Labute approximate surface area is 326 Å². The molecular weight excluding hydrogens is 718 g/mol. The smallest absolute Gasteiger partial charge is 0.308 e. The van der Waals surface area contributed by atoms with Crippen LogP contribution in [-0.4, -0.2) is 150 Å². The Hall–Kier alpha value is -2.31. The average Bonchev–Trinajstić information content (AvgIpc) is 3.06. The van der Waals surface area contributed by atoms with E-state index in [9.17, 15) is 34.8 Å². The molecule has 16 atom stereocenters. The summed E-state index contributed by atoms with van der Waals surface area (Å²) in [6, 6.07) is -0.753. The van der Waals surface area contributed by atoms with Gasteiger partial charge in [-0.15, -0.1) is 0 Å². The number of nitrogens with zero attached hydrogens (tertiary/aromatic N) is 1. The molecule has 2 saturated heterocycles. The quantitative estimate of drug-likeness (QED) is 0.176. The molecular formula is C40H67NO14. The van der Waals surface area contributed by atoms with E-state index < -0.39 is 110 Å². The van der Waals surface area contributed by atoms with E-state index in [-0.39, 0.29) is 37.5 Å². The van der Waals surface area contributed by atoms with Gasteiger partial charge in [0.25, 0.3) is 0 Å². The molecule has 15 heteroatoms. The zero-order chi connectivity index (χ0) is 41.2. The van der Waals surface area contributed by atoms with Gasteiger partial charge in [-0.2, -0.15) is 0 Å². The third-order valence-corrected chi connectivity index (χ3v) is 10.6. The molecule has 0 aromatic heterocycles. The van der Waals surface area contributed by atoms with Gasteiger partial charge < -0.3 is 63.3 Å². The van der Waals surface area contributed by atoms with Crippen molar-refractivity contribution in [2.45, 2.75) is 172 Å². The maximum atomic E-state index is 12.9. The third-order valence-electron chi connectivity index (χ3n) is 10.6. The highest BCUT2D eigenvalue weighted by atomic mass is 16.7. The number of methoxy groups -OCH3 is 1. The van der Waals surface area contributed by atoms with Gasteiger partial charge in [0.2, 0.25) is 0 Å². The first-order valence-electron chi connectivity index (χ1n) is 19.5. The van der Waals surface area contributed by atoms with E-state index in [4.69, 9.17) is 33.2 Å². The number of hydrogen-bond donors (Lipinski definition) is 4. The third kappa shape index (κ3) is 13.4. The second-order valence-electron chi connectivity index (χ2n) is 16.4. The predicted octanol–water partition coefficient (Wildman–Crippen LogP) is 2.44. The zero-order valence-corrected chi connectivity index (χ0v) is 34.2. The fourth-order valence-electron chi connectivity index (χ4n) is 7.78. The molecule has 0 saturated carbocycles. The van der Waals surface area contributed by atoms with Crippen molar-refractivity contribution < 1.29 is 68.0 Å². The second-order valence-corrected chi connectivity index (χ2v) is 16.4. The number of likely N-dealkylation sites (N-methyl/N-ethyl adjacent to an activating group) is 1. The van der Waals surface area contributed by atoms with Crippen LogP contribution in [0.3, 0.4) is 0 Å². The highest BCUT2D eigenvalue weighted by Gasteiger charge is 2.52. The lowest BCUT2D eigenvalue weighted by molar-refractivity contribution is -0.344. The molecule has 3 aliphatic rings. The Kier molecular flexibility index (Phi) is 18.4.